The standard InChI is InChI=1S/C17H21ClN2O/c1-16(2)12-8-9-17(16,3)14(10-12)19-20-15(21)11-4-6-13(18)7-5-11/h4-7,12H,8-10H2,1-3H3,(H,20,21)/b19-14+/t12-,17-/m1/s1. The number of hydrogen-bond acceptors (Lipinski definition) is 2. The van der Waals surface area contributed by atoms with E-state index in [4.69, 9.17) is 11.6 Å². The van der Waals surface area contributed by atoms with E-state index in [0.717, 1.165) is 12.1 Å². The number of halogens is 1. The molecule has 3 rings (SSSR count). The van der Waals surface area contributed by atoms with Gasteiger partial charge in [0.05, 0.1) is 0 Å². The average molecular weight is 305 g/mol. The van der Waals surface area contributed by atoms with Crippen molar-refractivity contribution >= 4 is 23.2 Å². The Labute approximate surface area is 130 Å². The summed E-state index contributed by atoms with van der Waals surface area (Å²) in [6.07, 6.45) is 3.44. The molecule has 1 aromatic rings. The molecule has 2 bridgehead atoms. The highest BCUT2D eigenvalue weighted by atomic mass is 35.5. The number of nitrogens with one attached hydrogen (secondary N) is 1. The van der Waals surface area contributed by atoms with Crippen LogP contribution >= 0.6 is 11.6 Å². The van der Waals surface area contributed by atoms with Crippen molar-refractivity contribution < 1.29 is 4.79 Å². The molecule has 2 fully saturated rings. The highest BCUT2D eigenvalue weighted by molar-refractivity contribution is 6.30. The third-order valence-electron chi connectivity index (χ3n) is 5.91. The topological polar surface area (TPSA) is 41.5 Å². The van der Waals surface area contributed by atoms with E-state index in [1.165, 1.54) is 12.8 Å². The number of fused-ring (bicyclic) bond motifs is 2. The van der Waals surface area contributed by atoms with Crippen molar-refractivity contribution in [3.8, 4) is 0 Å². The van der Waals surface area contributed by atoms with Crippen molar-refractivity contribution in [3.63, 3.8) is 0 Å². The Morgan fingerprint density at radius 3 is 2.48 bits per heavy atom. The molecule has 0 unspecified atom stereocenters. The molecular formula is C17H21ClN2O. The van der Waals surface area contributed by atoms with Crippen molar-refractivity contribution in [1.82, 2.24) is 5.43 Å². The molecule has 1 amide bonds. The average Bonchev–Trinajstić information content (AvgIpc) is 2.78. The lowest BCUT2D eigenvalue weighted by Crippen LogP contribution is -2.34. The van der Waals surface area contributed by atoms with Crippen LogP contribution < -0.4 is 5.43 Å². The Bertz CT molecular complexity index is 606. The predicted octanol–water partition coefficient (Wildman–Crippen LogP) is 4.27. The Kier molecular flexibility index (Phi) is 3.36. The molecule has 0 saturated heterocycles. The van der Waals surface area contributed by atoms with Gasteiger partial charge in [0.25, 0.3) is 5.91 Å². The summed E-state index contributed by atoms with van der Waals surface area (Å²) < 4.78 is 0. The summed E-state index contributed by atoms with van der Waals surface area (Å²) in [5.41, 5.74) is 4.83. The van der Waals surface area contributed by atoms with E-state index in [0.29, 0.717) is 16.5 Å². The van der Waals surface area contributed by atoms with Crippen LogP contribution in [0.3, 0.4) is 0 Å². The van der Waals surface area contributed by atoms with Crippen LogP contribution in [0.15, 0.2) is 29.4 Å². The number of rotatable bonds is 2. The van der Waals surface area contributed by atoms with Crippen LogP contribution in [-0.4, -0.2) is 11.6 Å². The van der Waals surface area contributed by atoms with Crippen LogP contribution in [0.25, 0.3) is 0 Å². The van der Waals surface area contributed by atoms with E-state index in [1.54, 1.807) is 24.3 Å². The summed E-state index contributed by atoms with van der Waals surface area (Å²) >= 11 is 5.83. The van der Waals surface area contributed by atoms with Gasteiger partial charge in [-0.1, -0.05) is 32.4 Å². The maximum Gasteiger partial charge on any atom is 0.271 e. The lowest BCUT2D eigenvalue weighted by Gasteiger charge is -2.34. The molecule has 2 atom stereocenters. The van der Waals surface area contributed by atoms with Gasteiger partial charge in [-0.25, -0.2) is 5.43 Å². The smallest absolute Gasteiger partial charge is 0.267 e. The first-order chi connectivity index (χ1) is 9.84. The normalized spacial score (nSPS) is 31.6. The predicted molar refractivity (Wildman–Crippen MR) is 85.6 cm³/mol. The van der Waals surface area contributed by atoms with E-state index < -0.39 is 0 Å². The van der Waals surface area contributed by atoms with Crippen LogP contribution in [0.1, 0.15) is 50.4 Å². The summed E-state index contributed by atoms with van der Waals surface area (Å²) in [5.74, 6) is 0.511. The van der Waals surface area contributed by atoms with Crippen LogP contribution in [-0.2, 0) is 0 Å². The number of hydrazone groups is 1. The first-order valence-corrected chi connectivity index (χ1v) is 7.85. The Hall–Kier alpha value is -1.35. The van der Waals surface area contributed by atoms with Gasteiger partial charge in [-0.2, -0.15) is 5.10 Å². The summed E-state index contributed by atoms with van der Waals surface area (Å²) in [6.45, 7) is 6.94. The fraction of sp³-hybridized carbons (Fsp3) is 0.529. The molecule has 112 valence electrons. The Morgan fingerprint density at radius 1 is 1.29 bits per heavy atom. The number of nitrogens with zero attached hydrogens (tertiary/aromatic N) is 1. The number of benzene rings is 1. The van der Waals surface area contributed by atoms with E-state index in [9.17, 15) is 4.79 Å². The second-order valence-corrected chi connectivity index (χ2v) is 7.44. The van der Waals surface area contributed by atoms with Gasteiger partial charge < -0.3 is 0 Å². The molecule has 2 aliphatic rings. The minimum Gasteiger partial charge on any atom is -0.267 e. The Morgan fingerprint density at radius 2 is 1.95 bits per heavy atom. The molecule has 0 aromatic heterocycles. The molecule has 2 saturated carbocycles. The highest BCUT2D eigenvalue weighted by Gasteiger charge is 2.59. The first kappa shape index (κ1) is 14.6. The fourth-order valence-electron chi connectivity index (χ4n) is 3.88. The molecular weight excluding hydrogens is 284 g/mol. The fourth-order valence-corrected chi connectivity index (χ4v) is 4.01. The van der Waals surface area contributed by atoms with Crippen LogP contribution in [0.5, 0.6) is 0 Å². The molecule has 3 nitrogen and oxygen atoms in total. The number of carbonyl (C=O) groups excluding carboxylic acids is 1. The lowest BCUT2D eigenvalue weighted by atomic mass is 9.70. The van der Waals surface area contributed by atoms with E-state index in [-0.39, 0.29) is 16.7 Å². The molecule has 2 aliphatic carbocycles. The lowest BCUT2D eigenvalue weighted by molar-refractivity contribution is 0.0954. The molecule has 4 heteroatoms. The highest BCUT2D eigenvalue weighted by Crippen LogP contribution is 2.63. The van der Waals surface area contributed by atoms with Crippen LogP contribution in [0, 0.1) is 16.7 Å². The third-order valence-corrected chi connectivity index (χ3v) is 6.16. The van der Waals surface area contributed by atoms with Gasteiger partial charge >= 0.3 is 0 Å². The van der Waals surface area contributed by atoms with E-state index >= 15 is 0 Å². The monoisotopic (exact) mass is 304 g/mol. The summed E-state index contributed by atoms with van der Waals surface area (Å²) in [6, 6.07) is 6.85. The molecule has 0 spiro atoms. The van der Waals surface area contributed by atoms with Crippen LogP contribution in [0.4, 0.5) is 0 Å². The summed E-state index contributed by atoms with van der Waals surface area (Å²) in [4.78, 5) is 12.1. The van der Waals surface area contributed by atoms with Gasteiger partial charge in [-0.3, -0.25) is 4.79 Å². The second kappa shape index (κ2) is 4.84. The first-order valence-electron chi connectivity index (χ1n) is 7.47. The third kappa shape index (κ3) is 2.18. The molecule has 1 N–H and O–H groups in total. The quantitative estimate of drug-likeness (QED) is 0.814. The van der Waals surface area contributed by atoms with Crippen molar-refractivity contribution in [2.24, 2.45) is 21.8 Å². The second-order valence-electron chi connectivity index (χ2n) is 7.00. The SMILES string of the molecule is CC1(C)[C@@H]2CC[C@]1(C)/C(=N/NC(=O)c1ccc(Cl)cc1)C2. The van der Waals surface area contributed by atoms with Crippen LogP contribution in [0.2, 0.25) is 5.02 Å². The molecule has 0 aliphatic heterocycles. The van der Waals surface area contributed by atoms with Crippen molar-refractivity contribution in [2.75, 3.05) is 0 Å². The zero-order valence-electron chi connectivity index (χ0n) is 12.7. The van der Waals surface area contributed by atoms with Crippen molar-refractivity contribution in [3.05, 3.63) is 34.9 Å². The van der Waals surface area contributed by atoms with E-state index in [1.807, 2.05) is 0 Å². The van der Waals surface area contributed by atoms with Gasteiger partial charge in [-0.15, -0.1) is 0 Å². The minimum atomic E-state index is -0.177. The summed E-state index contributed by atoms with van der Waals surface area (Å²) in [5, 5.41) is 5.08. The van der Waals surface area contributed by atoms with Gasteiger partial charge in [0.1, 0.15) is 0 Å². The van der Waals surface area contributed by atoms with Gasteiger partial charge in [0, 0.05) is 21.7 Å². The zero-order chi connectivity index (χ0) is 15.3. The maximum absolute atomic E-state index is 12.1. The minimum absolute atomic E-state index is 0.116. The van der Waals surface area contributed by atoms with Gasteiger partial charge in [0.15, 0.2) is 0 Å². The number of carbonyl (C=O) groups is 1. The van der Waals surface area contributed by atoms with Crippen molar-refractivity contribution in [2.45, 2.75) is 40.0 Å². The maximum atomic E-state index is 12.1. The molecule has 0 radical (unpaired) electrons. The Balaban J connectivity index is 1.76. The zero-order valence-corrected chi connectivity index (χ0v) is 13.5. The molecule has 21 heavy (non-hydrogen) atoms. The van der Waals surface area contributed by atoms with E-state index in [2.05, 4.69) is 31.3 Å². The van der Waals surface area contributed by atoms with Gasteiger partial charge in [0.2, 0.25) is 0 Å². The largest absolute Gasteiger partial charge is 0.271 e. The van der Waals surface area contributed by atoms with Crippen molar-refractivity contribution in [1.29, 1.82) is 0 Å². The summed E-state index contributed by atoms with van der Waals surface area (Å²) in [7, 11) is 0. The molecule has 1 aromatic carbocycles. The molecule has 0 heterocycles. The number of hydrogen-bond donors (Lipinski definition) is 1. The number of amides is 1. The van der Waals surface area contributed by atoms with Gasteiger partial charge in [-0.05, 0) is 54.9 Å².